The molecule has 0 spiro atoms. The summed E-state index contributed by atoms with van der Waals surface area (Å²) in [7, 11) is 0. The van der Waals surface area contributed by atoms with E-state index in [2.05, 4.69) is 0 Å². The molecule has 0 bridgehead atoms. The van der Waals surface area contributed by atoms with Gasteiger partial charge in [0, 0.05) is 12.2 Å². The number of rotatable bonds is 3. The van der Waals surface area contributed by atoms with Gasteiger partial charge in [-0.1, -0.05) is 0 Å². The van der Waals surface area contributed by atoms with Crippen molar-refractivity contribution in [1.82, 2.24) is 4.90 Å². The van der Waals surface area contributed by atoms with Crippen LogP contribution in [-0.2, 0) is 14.3 Å². The van der Waals surface area contributed by atoms with E-state index in [0.717, 1.165) is 6.41 Å². The quantitative estimate of drug-likeness (QED) is 0.496. The third kappa shape index (κ3) is 2.25. The SMILES string of the molecule is CCOC(=O)C1=C(N)CN(C=O)CC1. The highest BCUT2D eigenvalue weighted by molar-refractivity contribution is 5.89. The van der Waals surface area contributed by atoms with Gasteiger partial charge in [-0.05, 0) is 13.3 Å². The van der Waals surface area contributed by atoms with Crippen molar-refractivity contribution >= 4 is 12.4 Å². The van der Waals surface area contributed by atoms with Gasteiger partial charge in [0.05, 0.1) is 18.7 Å². The second kappa shape index (κ2) is 4.64. The summed E-state index contributed by atoms with van der Waals surface area (Å²) in [4.78, 5) is 23.3. The van der Waals surface area contributed by atoms with Crippen molar-refractivity contribution in [3.63, 3.8) is 0 Å². The summed E-state index contributed by atoms with van der Waals surface area (Å²) in [5, 5.41) is 0. The van der Waals surface area contributed by atoms with E-state index >= 15 is 0 Å². The van der Waals surface area contributed by atoms with Crippen molar-refractivity contribution in [2.75, 3.05) is 19.7 Å². The zero-order valence-electron chi connectivity index (χ0n) is 8.16. The lowest BCUT2D eigenvalue weighted by atomic mass is 10.1. The van der Waals surface area contributed by atoms with E-state index in [0.29, 0.717) is 37.4 Å². The molecule has 0 radical (unpaired) electrons. The molecule has 14 heavy (non-hydrogen) atoms. The number of ether oxygens (including phenoxy) is 1. The maximum absolute atomic E-state index is 11.3. The largest absolute Gasteiger partial charge is 0.463 e. The highest BCUT2D eigenvalue weighted by Gasteiger charge is 2.21. The minimum absolute atomic E-state index is 0.317. The van der Waals surface area contributed by atoms with Crippen molar-refractivity contribution in [2.45, 2.75) is 13.3 Å². The highest BCUT2D eigenvalue weighted by Crippen LogP contribution is 2.14. The summed E-state index contributed by atoms with van der Waals surface area (Å²) in [6.45, 7) is 2.93. The molecule has 0 aromatic rings. The van der Waals surface area contributed by atoms with E-state index in [9.17, 15) is 9.59 Å². The Morgan fingerprint density at radius 2 is 2.43 bits per heavy atom. The monoisotopic (exact) mass is 198 g/mol. The van der Waals surface area contributed by atoms with Crippen LogP contribution in [0.5, 0.6) is 0 Å². The van der Waals surface area contributed by atoms with Crippen molar-refractivity contribution in [2.24, 2.45) is 5.73 Å². The van der Waals surface area contributed by atoms with Crippen molar-refractivity contribution in [3.8, 4) is 0 Å². The summed E-state index contributed by atoms with van der Waals surface area (Å²) in [5.41, 5.74) is 6.59. The van der Waals surface area contributed by atoms with E-state index in [1.54, 1.807) is 6.92 Å². The molecule has 0 fully saturated rings. The lowest BCUT2D eigenvalue weighted by Gasteiger charge is -2.24. The Morgan fingerprint density at radius 3 is 2.93 bits per heavy atom. The molecule has 78 valence electrons. The van der Waals surface area contributed by atoms with Crippen LogP contribution in [0, 0.1) is 0 Å². The van der Waals surface area contributed by atoms with Crippen LogP contribution in [-0.4, -0.2) is 37.0 Å². The molecule has 0 aliphatic carbocycles. The predicted octanol–water partition coefficient (Wildman–Crippen LogP) is -0.376. The van der Waals surface area contributed by atoms with Gasteiger partial charge in [0.25, 0.3) is 0 Å². The highest BCUT2D eigenvalue weighted by atomic mass is 16.5. The molecule has 5 heteroatoms. The molecule has 1 amide bonds. The lowest BCUT2D eigenvalue weighted by molar-refractivity contribution is -0.139. The zero-order chi connectivity index (χ0) is 10.6. The first kappa shape index (κ1) is 10.6. The number of esters is 1. The molecule has 1 aliphatic heterocycles. The predicted molar refractivity (Wildman–Crippen MR) is 50.1 cm³/mol. The maximum Gasteiger partial charge on any atom is 0.335 e. The average Bonchev–Trinajstić information content (AvgIpc) is 2.17. The van der Waals surface area contributed by atoms with E-state index in [-0.39, 0.29) is 5.97 Å². The molecule has 0 aromatic heterocycles. The number of nitrogens with two attached hydrogens (primary N) is 1. The van der Waals surface area contributed by atoms with Gasteiger partial charge < -0.3 is 15.4 Å². The Kier molecular flexibility index (Phi) is 3.50. The number of carbonyl (C=O) groups is 2. The summed E-state index contributed by atoms with van der Waals surface area (Å²) in [5.74, 6) is -0.365. The molecule has 1 rings (SSSR count). The fraction of sp³-hybridized carbons (Fsp3) is 0.556. The Hall–Kier alpha value is -1.52. The first-order valence-corrected chi connectivity index (χ1v) is 4.53. The van der Waals surface area contributed by atoms with Crippen molar-refractivity contribution in [1.29, 1.82) is 0 Å². The minimum atomic E-state index is -0.365. The van der Waals surface area contributed by atoms with Gasteiger partial charge in [-0.15, -0.1) is 0 Å². The van der Waals surface area contributed by atoms with Gasteiger partial charge in [-0.25, -0.2) is 4.79 Å². The Balaban J connectivity index is 2.69. The van der Waals surface area contributed by atoms with E-state index in [1.807, 2.05) is 0 Å². The van der Waals surface area contributed by atoms with Crippen LogP contribution in [0.25, 0.3) is 0 Å². The van der Waals surface area contributed by atoms with Gasteiger partial charge in [0.15, 0.2) is 0 Å². The molecule has 0 aromatic carbocycles. The number of carbonyl (C=O) groups excluding carboxylic acids is 2. The molecule has 2 N–H and O–H groups in total. The van der Waals surface area contributed by atoms with Gasteiger partial charge in [0.2, 0.25) is 6.41 Å². The molecular weight excluding hydrogens is 184 g/mol. The van der Waals surface area contributed by atoms with Crippen LogP contribution >= 0.6 is 0 Å². The first-order chi connectivity index (χ1) is 6.69. The summed E-state index contributed by atoms with van der Waals surface area (Å²) < 4.78 is 4.84. The van der Waals surface area contributed by atoms with Crippen LogP contribution in [0.15, 0.2) is 11.3 Å². The van der Waals surface area contributed by atoms with Crippen molar-refractivity contribution in [3.05, 3.63) is 11.3 Å². The molecule has 5 nitrogen and oxygen atoms in total. The second-order valence-corrected chi connectivity index (χ2v) is 3.05. The number of hydrogen-bond donors (Lipinski definition) is 1. The standard InChI is InChI=1S/C9H14N2O3/c1-2-14-9(13)7-3-4-11(6-12)5-8(7)10/h6H,2-5,10H2,1H3. The first-order valence-electron chi connectivity index (χ1n) is 4.53. The third-order valence-electron chi connectivity index (χ3n) is 2.08. The topological polar surface area (TPSA) is 72.6 Å². The molecule has 0 saturated carbocycles. The molecule has 1 aliphatic rings. The van der Waals surface area contributed by atoms with E-state index in [4.69, 9.17) is 10.5 Å². The summed E-state index contributed by atoms with van der Waals surface area (Å²) in [6, 6.07) is 0. The molecule has 1 heterocycles. The molecule has 0 saturated heterocycles. The zero-order valence-corrected chi connectivity index (χ0v) is 8.16. The van der Waals surface area contributed by atoms with Gasteiger partial charge in [-0.3, -0.25) is 4.79 Å². The van der Waals surface area contributed by atoms with Crippen LogP contribution in [0.2, 0.25) is 0 Å². The maximum atomic E-state index is 11.3. The second-order valence-electron chi connectivity index (χ2n) is 3.05. The van der Waals surface area contributed by atoms with Crippen molar-refractivity contribution < 1.29 is 14.3 Å². The fourth-order valence-corrected chi connectivity index (χ4v) is 1.35. The van der Waals surface area contributed by atoms with E-state index in [1.165, 1.54) is 4.90 Å². The number of amides is 1. The molecular formula is C9H14N2O3. The van der Waals surface area contributed by atoms with Crippen LogP contribution in [0.4, 0.5) is 0 Å². The Morgan fingerprint density at radius 1 is 1.71 bits per heavy atom. The fourth-order valence-electron chi connectivity index (χ4n) is 1.35. The minimum Gasteiger partial charge on any atom is -0.463 e. The Bertz CT molecular complexity index is 273. The smallest absolute Gasteiger partial charge is 0.335 e. The van der Waals surface area contributed by atoms with Gasteiger partial charge in [0.1, 0.15) is 0 Å². The number of nitrogens with zero attached hydrogens (tertiary/aromatic N) is 1. The normalized spacial score (nSPS) is 16.8. The van der Waals surface area contributed by atoms with E-state index < -0.39 is 0 Å². The molecule has 0 atom stereocenters. The van der Waals surface area contributed by atoms with Gasteiger partial charge in [-0.2, -0.15) is 0 Å². The third-order valence-corrected chi connectivity index (χ3v) is 2.08. The summed E-state index contributed by atoms with van der Waals surface area (Å²) in [6.07, 6.45) is 1.21. The van der Waals surface area contributed by atoms with Gasteiger partial charge >= 0.3 is 5.97 Å². The Labute approximate surface area is 82.5 Å². The van der Waals surface area contributed by atoms with Crippen LogP contribution in [0.1, 0.15) is 13.3 Å². The summed E-state index contributed by atoms with van der Waals surface area (Å²) >= 11 is 0. The number of hydrogen-bond acceptors (Lipinski definition) is 4. The average molecular weight is 198 g/mol. The van der Waals surface area contributed by atoms with Crippen LogP contribution < -0.4 is 5.73 Å². The lowest BCUT2D eigenvalue weighted by Crippen LogP contribution is -2.35. The van der Waals surface area contributed by atoms with Crippen LogP contribution in [0.3, 0.4) is 0 Å². The molecule has 0 unspecified atom stereocenters.